The van der Waals surface area contributed by atoms with E-state index in [4.69, 9.17) is 35.2 Å². The number of hydrogen-bond donors (Lipinski definition) is 0. The summed E-state index contributed by atoms with van der Waals surface area (Å²) in [6.45, 7) is 14.5. The Morgan fingerprint density at radius 3 is 1.66 bits per heavy atom. The first-order valence-corrected chi connectivity index (χ1v) is 13.3. The van der Waals surface area contributed by atoms with E-state index in [1.807, 2.05) is 32.0 Å². The molecule has 0 atom stereocenters. The number of aliphatic imine (C=N–C) groups is 2. The van der Waals surface area contributed by atoms with Gasteiger partial charge in [-0.15, -0.1) is 0 Å². The average molecular weight is 510 g/mol. The van der Waals surface area contributed by atoms with Gasteiger partial charge in [0.05, 0.1) is 34.2 Å². The van der Waals surface area contributed by atoms with Crippen LogP contribution in [0.2, 0.25) is 0 Å². The van der Waals surface area contributed by atoms with Gasteiger partial charge in [-0.3, -0.25) is 9.98 Å². The van der Waals surface area contributed by atoms with Crippen molar-refractivity contribution in [3.63, 3.8) is 0 Å². The first-order valence-electron chi connectivity index (χ1n) is 10.2. The SMILES string of the molecule is CC(=Nc1cc(C)cc(C)c1)c1cccc(C(C)=Nc2c(C)cc(C)cc2C)n1.[Cl][Fe][Cl]. The van der Waals surface area contributed by atoms with Crippen molar-refractivity contribution >= 4 is 43.0 Å². The molecule has 1 aromatic heterocycles. The summed E-state index contributed by atoms with van der Waals surface area (Å²) in [6.07, 6.45) is 0. The van der Waals surface area contributed by atoms with E-state index in [0.29, 0.717) is 0 Å². The molecule has 0 saturated heterocycles. The zero-order valence-corrected chi connectivity index (χ0v) is 22.2. The summed E-state index contributed by atoms with van der Waals surface area (Å²) < 4.78 is 0. The third-order valence-electron chi connectivity index (χ3n) is 4.91. The van der Waals surface area contributed by atoms with E-state index >= 15 is 0 Å². The van der Waals surface area contributed by atoms with Crippen LogP contribution in [0.15, 0.2) is 58.5 Å². The topological polar surface area (TPSA) is 37.6 Å². The molecular formula is C26H29Cl2FeN3. The van der Waals surface area contributed by atoms with Crippen molar-refractivity contribution in [1.29, 1.82) is 0 Å². The molecule has 170 valence electrons. The van der Waals surface area contributed by atoms with Gasteiger partial charge in [0.15, 0.2) is 0 Å². The Bertz CT molecular complexity index is 1110. The van der Waals surface area contributed by atoms with Crippen LogP contribution in [-0.2, 0) is 13.1 Å². The summed E-state index contributed by atoms with van der Waals surface area (Å²) in [5, 5.41) is 0. The monoisotopic (exact) mass is 509 g/mol. The van der Waals surface area contributed by atoms with Crippen LogP contribution in [-0.4, -0.2) is 16.4 Å². The molecule has 3 nitrogen and oxygen atoms in total. The van der Waals surface area contributed by atoms with Gasteiger partial charge in [-0.1, -0.05) is 29.8 Å². The fraction of sp³-hybridized carbons (Fsp3) is 0.269. The predicted octanol–water partition coefficient (Wildman–Crippen LogP) is 8.28. The number of aromatic nitrogens is 1. The second-order valence-corrected chi connectivity index (χ2v) is 9.77. The Hall–Kier alpha value is -1.97. The summed E-state index contributed by atoms with van der Waals surface area (Å²) >= 11 is 0.194. The molecule has 0 saturated carbocycles. The normalized spacial score (nSPS) is 11.9. The van der Waals surface area contributed by atoms with Crippen LogP contribution in [0.25, 0.3) is 0 Å². The van der Waals surface area contributed by atoms with Crippen molar-refractivity contribution in [3.8, 4) is 0 Å². The van der Waals surface area contributed by atoms with Gasteiger partial charge in [-0.25, -0.2) is 4.98 Å². The minimum absolute atomic E-state index is 0.194. The molecule has 0 aliphatic carbocycles. The number of benzene rings is 2. The van der Waals surface area contributed by atoms with Gasteiger partial charge in [0.2, 0.25) is 0 Å². The van der Waals surface area contributed by atoms with Crippen LogP contribution in [0.4, 0.5) is 11.4 Å². The second-order valence-electron chi connectivity index (χ2n) is 7.95. The maximum absolute atomic E-state index is 4.89. The van der Waals surface area contributed by atoms with E-state index in [1.165, 1.54) is 27.8 Å². The zero-order valence-electron chi connectivity index (χ0n) is 19.6. The molecule has 0 unspecified atom stereocenters. The van der Waals surface area contributed by atoms with Crippen molar-refractivity contribution in [2.75, 3.05) is 0 Å². The molecule has 6 heteroatoms. The summed E-state index contributed by atoms with van der Waals surface area (Å²) in [5.41, 5.74) is 11.6. The van der Waals surface area contributed by atoms with Crippen molar-refractivity contribution < 1.29 is 13.1 Å². The molecule has 0 N–H and O–H groups in total. The Labute approximate surface area is 206 Å². The molecule has 0 radical (unpaired) electrons. The van der Waals surface area contributed by atoms with Gasteiger partial charge >= 0.3 is 33.3 Å². The molecule has 0 spiro atoms. The van der Waals surface area contributed by atoms with E-state index in [2.05, 4.69) is 65.0 Å². The summed E-state index contributed by atoms with van der Waals surface area (Å²) in [6, 6.07) is 16.7. The van der Waals surface area contributed by atoms with Crippen LogP contribution < -0.4 is 0 Å². The van der Waals surface area contributed by atoms with Gasteiger partial charge in [-0.2, -0.15) is 0 Å². The first-order chi connectivity index (χ1) is 15.1. The molecule has 32 heavy (non-hydrogen) atoms. The standard InChI is InChI=1S/C26H29N3.2ClH.Fe/c1-16-11-17(2)15-23(14-16)27-21(6)24-9-8-10-25(29-24)22(7)28-26-19(4)12-18(3)13-20(26)5;;;/h8-15H,1-7H3;2*1H;/q;;;+2/p-2. The fourth-order valence-corrected chi connectivity index (χ4v) is 3.68. The molecule has 3 rings (SSSR count). The first kappa shape index (κ1) is 26.3. The number of nitrogens with zero attached hydrogens (tertiary/aromatic N) is 3. The average Bonchev–Trinajstić information content (AvgIpc) is 2.70. The molecule has 0 bridgehead atoms. The molecular weight excluding hydrogens is 481 g/mol. The van der Waals surface area contributed by atoms with E-state index in [-0.39, 0.29) is 13.1 Å². The van der Waals surface area contributed by atoms with Crippen LogP contribution in [0.3, 0.4) is 0 Å². The molecule has 3 aromatic rings. The Balaban J connectivity index is 0.00000114. The van der Waals surface area contributed by atoms with Gasteiger partial charge in [0.25, 0.3) is 0 Å². The molecule has 0 aliphatic rings. The third-order valence-corrected chi connectivity index (χ3v) is 4.91. The Morgan fingerprint density at radius 2 is 1.16 bits per heavy atom. The van der Waals surface area contributed by atoms with Gasteiger partial charge in [0, 0.05) is 0 Å². The molecule has 1 heterocycles. The second kappa shape index (κ2) is 12.3. The number of rotatable bonds is 4. The van der Waals surface area contributed by atoms with Crippen LogP contribution in [0, 0.1) is 34.6 Å². The van der Waals surface area contributed by atoms with E-state index in [0.717, 1.165) is 34.2 Å². The maximum atomic E-state index is 4.89. The van der Waals surface area contributed by atoms with E-state index in [1.54, 1.807) is 0 Å². The van der Waals surface area contributed by atoms with Gasteiger partial charge in [-0.05, 0) is 95.0 Å². The van der Waals surface area contributed by atoms with E-state index in [9.17, 15) is 0 Å². The molecule has 0 fully saturated rings. The van der Waals surface area contributed by atoms with Crippen molar-refractivity contribution in [2.24, 2.45) is 9.98 Å². The van der Waals surface area contributed by atoms with Gasteiger partial charge in [0.1, 0.15) is 0 Å². The van der Waals surface area contributed by atoms with Crippen LogP contribution in [0.1, 0.15) is 53.1 Å². The molecule has 0 amide bonds. The minimum atomic E-state index is 0.194. The van der Waals surface area contributed by atoms with E-state index < -0.39 is 0 Å². The predicted molar refractivity (Wildman–Crippen MR) is 136 cm³/mol. The van der Waals surface area contributed by atoms with Gasteiger partial charge < -0.3 is 0 Å². The van der Waals surface area contributed by atoms with Crippen molar-refractivity contribution in [2.45, 2.75) is 48.5 Å². The number of aryl methyl sites for hydroxylation is 5. The molecule has 2 aromatic carbocycles. The summed E-state index contributed by atoms with van der Waals surface area (Å²) in [4.78, 5) is 14.5. The third kappa shape index (κ3) is 7.56. The van der Waals surface area contributed by atoms with Crippen LogP contribution in [0.5, 0.6) is 0 Å². The fourth-order valence-electron chi connectivity index (χ4n) is 3.68. The number of halogens is 2. The van der Waals surface area contributed by atoms with Crippen LogP contribution >= 0.6 is 20.2 Å². The summed E-state index contributed by atoms with van der Waals surface area (Å²) in [7, 11) is 9.53. The molecule has 0 aliphatic heterocycles. The van der Waals surface area contributed by atoms with Crippen molar-refractivity contribution in [1.82, 2.24) is 4.98 Å². The Kier molecular flexibility index (Phi) is 10.1. The zero-order chi connectivity index (χ0) is 23.8. The number of hydrogen-bond acceptors (Lipinski definition) is 3. The quantitative estimate of drug-likeness (QED) is 0.257. The van der Waals surface area contributed by atoms with Crippen molar-refractivity contribution in [3.05, 3.63) is 87.7 Å². The Morgan fingerprint density at radius 1 is 0.719 bits per heavy atom. The summed E-state index contributed by atoms with van der Waals surface area (Å²) in [5.74, 6) is 0. The number of pyridine rings is 1.